The highest BCUT2D eigenvalue weighted by molar-refractivity contribution is 4.80. The van der Waals surface area contributed by atoms with Crippen molar-refractivity contribution in [2.24, 2.45) is 5.41 Å². The Bertz CT molecular complexity index is 679. The Labute approximate surface area is 329 Å². The minimum atomic E-state index is 0.0266. The van der Waals surface area contributed by atoms with Crippen LogP contribution in [-0.4, -0.2) is 170 Å². The summed E-state index contributed by atoms with van der Waals surface area (Å²) in [7, 11) is 0. The maximum atomic E-state index is 8.60. The fourth-order valence-corrected chi connectivity index (χ4v) is 5.59. The number of unbranched alkanes of at least 4 members (excludes halogenated alkanes) is 6. The van der Waals surface area contributed by atoms with Gasteiger partial charge in [0, 0.05) is 0 Å². The van der Waals surface area contributed by atoms with Crippen LogP contribution in [-0.2, 0) is 56.8 Å². The zero-order valence-corrected chi connectivity index (χ0v) is 35.0. The van der Waals surface area contributed by atoms with Crippen LogP contribution in [0, 0.1) is 5.41 Å². The molecule has 0 aromatic rings. The molecule has 13 heteroatoms. The second-order valence-corrected chi connectivity index (χ2v) is 13.4. The predicted octanol–water partition coefficient (Wildman–Crippen LogP) is 5.91. The molecule has 0 aromatic heterocycles. The maximum absolute atomic E-state index is 8.60. The lowest BCUT2D eigenvalue weighted by molar-refractivity contribution is -0.0319. The smallest absolute Gasteiger partial charge is 0.0701 e. The summed E-state index contributed by atoms with van der Waals surface area (Å²) in [4.78, 5) is 0. The van der Waals surface area contributed by atoms with E-state index < -0.39 is 0 Å². The Morgan fingerprint density at radius 1 is 0.278 bits per heavy atom. The van der Waals surface area contributed by atoms with Gasteiger partial charge in [-0.15, -0.1) is 0 Å². The summed E-state index contributed by atoms with van der Waals surface area (Å²) < 4.78 is 66.5. The first kappa shape index (κ1) is 53.5. The summed E-state index contributed by atoms with van der Waals surface area (Å²) in [5, 5.41) is 8.60. The Kier molecular flexibility index (Phi) is 46.4. The van der Waals surface area contributed by atoms with Crippen molar-refractivity contribution in [3.63, 3.8) is 0 Å². The van der Waals surface area contributed by atoms with Gasteiger partial charge in [0.1, 0.15) is 0 Å². The number of ether oxygens (including phenoxy) is 12. The Morgan fingerprint density at radius 3 is 0.815 bits per heavy atom. The fraction of sp³-hybridized carbons (Fsp3) is 1.00. The summed E-state index contributed by atoms with van der Waals surface area (Å²) >= 11 is 0. The summed E-state index contributed by atoms with van der Waals surface area (Å²) in [6.45, 7) is 19.7. The van der Waals surface area contributed by atoms with Crippen molar-refractivity contribution in [2.75, 3.05) is 165 Å². The molecule has 0 saturated carbocycles. The SMILES string of the molecule is CCCCCCC(CCCC)(CCCCC)COCCOCCOCCOCCOCCOCCOCCOCCOCCOCCOCCOCCO. The van der Waals surface area contributed by atoms with E-state index in [0.29, 0.717) is 157 Å². The molecule has 1 N–H and O–H groups in total. The molecule has 0 fully saturated rings. The van der Waals surface area contributed by atoms with E-state index in [2.05, 4.69) is 20.8 Å². The molecule has 0 radical (unpaired) electrons. The van der Waals surface area contributed by atoms with Crippen molar-refractivity contribution in [1.82, 2.24) is 0 Å². The molecule has 0 aliphatic heterocycles. The highest BCUT2D eigenvalue weighted by Gasteiger charge is 2.29. The van der Waals surface area contributed by atoms with E-state index in [0.717, 1.165) is 6.61 Å². The monoisotopic (exact) mass is 785 g/mol. The van der Waals surface area contributed by atoms with Gasteiger partial charge in [0.2, 0.25) is 0 Å². The lowest BCUT2D eigenvalue weighted by Gasteiger charge is -2.34. The van der Waals surface area contributed by atoms with Gasteiger partial charge in [-0.1, -0.05) is 78.6 Å². The molecule has 54 heavy (non-hydrogen) atoms. The van der Waals surface area contributed by atoms with E-state index in [-0.39, 0.29) is 6.61 Å². The molecule has 0 bridgehead atoms. The number of rotatable bonds is 49. The van der Waals surface area contributed by atoms with Gasteiger partial charge in [0.25, 0.3) is 0 Å². The first-order valence-electron chi connectivity index (χ1n) is 21.3. The van der Waals surface area contributed by atoms with Gasteiger partial charge >= 0.3 is 0 Å². The van der Waals surface area contributed by atoms with E-state index in [4.69, 9.17) is 61.9 Å². The second kappa shape index (κ2) is 46.9. The van der Waals surface area contributed by atoms with Crippen molar-refractivity contribution in [3.05, 3.63) is 0 Å². The van der Waals surface area contributed by atoms with Gasteiger partial charge in [-0.25, -0.2) is 0 Å². The molecule has 1 unspecified atom stereocenters. The van der Waals surface area contributed by atoms with Crippen LogP contribution < -0.4 is 0 Å². The third-order valence-corrected chi connectivity index (χ3v) is 8.67. The minimum absolute atomic E-state index is 0.0266. The second-order valence-electron chi connectivity index (χ2n) is 13.4. The average molecular weight is 785 g/mol. The van der Waals surface area contributed by atoms with E-state index in [1.54, 1.807) is 0 Å². The molecule has 0 saturated heterocycles. The molecule has 1 atom stereocenters. The van der Waals surface area contributed by atoms with Crippen LogP contribution in [0.15, 0.2) is 0 Å². The topological polar surface area (TPSA) is 131 Å². The van der Waals surface area contributed by atoms with Gasteiger partial charge in [-0.05, 0) is 24.7 Å². The Hall–Kier alpha value is -0.520. The highest BCUT2D eigenvalue weighted by atomic mass is 16.6. The highest BCUT2D eigenvalue weighted by Crippen LogP contribution is 2.37. The van der Waals surface area contributed by atoms with Crippen LogP contribution in [0.3, 0.4) is 0 Å². The van der Waals surface area contributed by atoms with Crippen molar-refractivity contribution in [2.45, 2.75) is 97.8 Å². The molecular weight excluding hydrogens is 700 g/mol. The number of hydrogen-bond acceptors (Lipinski definition) is 13. The molecule has 326 valence electrons. The maximum Gasteiger partial charge on any atom is 0.0701 e. The first-order valence-corrected chi connectivity index (χ1v) is 21.3. The van der Waals surface area contributed by atoms with Crippen LogP contribution >= 0.6 is 0 Å². The van der Waals surface area contributed by atoms with Crippen molar-refractivity contribution in [3.8, 4) is 0 Å². The average Bonchev–Trinajstić information content (AvgIpc) is 3.18. The Morgan fingerprint density at radius 2 is 0.519 bits per heavy atom. The van der Waals surface area contributed by atoms with Gasteiger partial charge < -0.3 is 61.9 Å². The van der Waals surface area contributed by atoms with Gasteiger partial charge in [-0.3, -0.25) is 0 Å². The normalized spacial score (nSPS) is 12.9. The summed E-state index contributed by atoms with van der Waals surface area (Å²) in [6.07, 6.45) is 15.6. The van der Waals surface area contributed by atoms with Crippen LogP contribution in [0.5, 0.6) is 0 Å². The van der Waals surface area contributed by atoms with Gasteiger partial charge in [-0.2, -0.15) is 0 Å². The molecular formula is C41H84O13. The predicted molar refractivity (Wildman–Crippen MR) is 212 cm³/mol. The third kappa shape index (κ3) is 41.1. The van der Waals surface area contributed by atoms with Crippen molar-refractivity contribution in [1.29, 1.82) is 0 Å². The zero-order chi connectivity index (χ0) is 39.1. The largest absolute Gasteiger partial charge is 0.394 e. The molecule has 0 rings (SSSR count). The van der Waals surface area contributed by atoms with E-state index in [1.165, 1.54) is 77.0 Å². The minimum Gasteiger partial charge on any atom is -0.394 e. The van der Waals surface area contributed by atoms with Crippen molar-refractivity contribution < 1.29 is 61.9 Å². The van der Waals surface area contributed by atoms with Crippen molar-refractivity contribution >= 4 is 0 Å². The standard InChI is InChI=1S/C41H84O13/c1-4-7-10-12-15-41(13-9-6-3,14-11-8-5-2)40-54-39-38-53-37-36-52-35-34-51-33-32-50-31-30-49-29-28-48-27-26-47-25-24-46-23-22-45-21-20-44-19-18-43-17-16-42/h42H,4-40H2,1-3H3. The quantitative estimate of drug-likeness (QED) is 0.0736. The lowest BCUT2D eigenvalue weighted by atomic mass is 9.75. The molecule has 0 heterocycles. The first-order chi connectivity index (χ1) is 26.7. The summed E-state index contributed by atoms with van der Waals surface area (Å²) in [6, 6.07) is 0. The van der Waals surface area contributed by atoms with Gasteiger partial charge in [0.15, 0.2) is 0 Å². The van der Waals surface area contributed by atoms with Crippen LogP contribution in [0.1, 0.15) is 97.8 Å². The van der Waals surface area contributed by atoms with Crippen LogP contribution in [0.2, 0.25) is 0 Å². The molecule has 0 aliphatic rings. The molecule has 0 spiro atoms. The van der Waals surface area contributed by atoms with Crippen LogP contribution in [0.4, 0.5) is 0 Å². The lowest BCUT2D eigenvalue weighted by Crippen LogP contribution is -2.28. The summed E-state index contributed by atoms with van der Waals surface area (Å²) in [5.41, 5.74) is 0.334. The number of hydrogen-bond donors (Lipinski definition) is 1. The number of aliphatic hydroxyl groups is 1. The van der Waals surface area contributed by atoms with E-state index in [1.807, 2.05) is 0 Å². The molecule has 0 amide bonds. The molecule has 0 aliphatic carbocycles. The van der Waals surface area contributed by atoms with Gasteiger partial charge in [0.05, 0.1) is 165 Å². The Balaban J connectivity index is 3.42. The zero-order valence-electron chi connectivity index (χ0n) is 35.0. The van der Waals surface area contributed by atoms with Crippen LogP contribution in [0.25, 0.3) is 0 Å². The molecule has 13 nitrogen and oxygen atoms in total. The fourth-order valence-electron chi connectivity index (χ4n) is 5.59. The van der Waals surface area contributed by atoms with E-state index >= 15 is 0 Å². The van der Waals surface area contributed by atoms with E-state index in [9.17, 15) is 0 Å². The number of aliphatic hydroxyl groups excluding tert-OH is 1. The summed E-state index contributed by atoms with van der Waals surface area (Å²) in [5.74, 6) is 0. The molecule has 0 aromatic carbocycles. The third-order valence-electron chi connectivity index (χ3n) is 8.67.